The van der Waals surface area contributed by atoms with Gasteiger partial charge in [-0.05, 0) is 82.6 Å². The minimum absolute atomic E-state index is 0.0973. The minimum atomic E-state index is -0.0973. The number of likely N-dealkylation sites (tertiary alicyclic amines) is 1. The lowest BCUT2D eigenvalue weighted by Gasteiger charge is -2.46. The Morgan fingerprint density at radius 3 is 2.36 bits per heavy atom. The number of piperazine rings is 1. The standard InChI is InChI=1S/C34H52N6O2/c1-8-10-32(40-21-25(2)35-26(3)22-40)33(37(4)5)36-31-19-27(13-14-28(31)24-41)23-39-17-15-34(16-18-39,38(6)7)29-11-9-12-30(42)20-29/h9,11-14,19-20,24-26,32,35,42H,8,10,15-18,21-23H2,1-7H3. The molecule has 0 aromatic heterocycles. The van der Waals surface area contributed by atoms with Crippen molar-refractivity contribution in [2.24, 2.45) is 4.99 Å². The maximum atomic E-state index is 12.1. The number of carbonyl (C=O) groups excluding carboxylic acids is 1. The van der Waals surface area contributed by atoms with Gasteiger partial charge in [-0.2, -0.15) is 0 Å². The van der Waals surface area contributed by atoms with Crippen LogP contribution in [0.5, 0.6) is 5.75 Å². The number of aldehydes is 1. The third-order valence-electron chi connectivity index (χ3n) is 9.13. The van der Waals surface area contributed by atoms with Gasteiger partial charge in [0.1, 0.15) is 11.6 Å². The van der Waals surface area contributed by atoms with Crippen LogP contribution < -0.4 is 5.32 Å². The molecular formula is C34H52N6O2. The Morgan fingerprint density at radius 1 is 1.10 bits per heavy atom. The molecule has 8 nitrogen and oxygen atoms in total. The van der Waals surface area contributed by atoms with E-state index in [2.05, 4.69) is 92.1 Å². The van der Waals surface area contributed by atoms with Gasteiger partial charge >= 0.3 is 0 Å². The molecule has 2 N–H and O–H groups in total. The summed E-state index contributed by atoms with van der Waals surface area (Å²) >= 11 is 0. The Hall–Kier alpha value is -2.78. The van der Waals surface area contributed by atoms with Crippen LogP contribution in [0.1, 0.15) is 67.9 Å². The average Bonchev–Trinajstić information content (AvgIpc) is 2.94. The first-order chi connectivity index (χ1) is 20.1. The first kappa shape index (κ1) is 32.1. The molecule has 230 valence electrons. The Balaban J connectivity index is 1.56. The molecule has 0 amide bonds. The summed E-state index contributed by atoms with van der Waals surface area (Å²) < 4.78 is 0. The summed E-state index contributed by atoms with van der Waals surface area (Å²) in [5.41, 5.74) is 3.63. The van der Waals surface area contributed by atoms with Crippen LogP contribution in [-0.2, 0) is 12.1 Å². The van der Waals surface area contributed by atoms with Crippen molar-refractivity contribution in [1.29, 1.82) is 0 Å². The average molecular weight is 577 g/mol. The van der Waals surface area contributed by atoms with Crippen molar-refractivity contribution < 1.29 is 9.90 Å². The number of amidine groups is 1. The van der Waals surface area contributed by atoms with E-state index in [0.29, 0.717) is 23.4 Å². The molecule has 2 aliphatic heterocycles. The van der Waals surface area contributed by atoms with Crippen LogP contribution in [0.25, 0.3) is 0 Å². The molecule has 3 unspecified atom stereocenters. The number of nitrogens with zero attached hydrogens (tertiary/aromatic N) is 5. The number of aromatic hydroxyl groups is 1. The number of benzene rings is 2. The molecule has 42 heavy (non-hydrogen) atoms. The van der Waals surface area contributed by atoms with Gasteiger partial charge in [-0.1, -0.05) is 31.5 Å². The van der Waals surface area contributed by atoms with Gasteiger partial charge in [-0.25, -0.2) is 4.99 Å². The Labute approximate surface area is 253 Å². The Kier molecular flexibility index (Phi) is 10.8. The summed E-state index contributed by atoms with van der Waals surface area (Å²) in [7, 11) is 8.41. The summed E-state index contributed by atoms with van der Waals surface area (Å²) in [6.45, 7) is 11.4. The molecule has 2 aromatic carbocycles. The fraction of sp³-hybridized carbons (Fsp3) is 0.588. The van der Waals surface area contributed by atoms with Crippen molar-refractivity contribution >= 4 is 17.8 Å². The molecular weight excluding hydrogens is 524 g/mol. The van der Waals surface area contributed by atoms with Gasteiger partial charge < -0.3 is 15.3 Å². The number of piperidine rings is 1. The molecule has 3 atom stereocenters. The van der Waals surface area contributed by atoms with E-state index in [1.54, 1.807) is 6.07 Å². The predicted molar refractivity (Wildman–Crippen MR) is 173 cm³/mol. The molecule has 8 heteroatoms. The van der Waals surface area contributed by atoms with Crippen LogP contribution in [0, 0.1) is 0 Å². The lowest BCUT2D eigenvalue weighted by Crippen LogP contribution is -2.59. The molecule has 2 aromatic rings. The highest BCUT2D eigenvalue weighted by Gasteiger charge is 2.38. The fourth-order valence-electron chi connectivity index (χ4n) is 6.98. The second-order valence-electron chi connectivity index (χ2n) is 12.9. The molecule has 0 bridgehead atoms. The van der Waals surface area contributed by atoms with Gasteiger partial charge in [-0.15, -0.1) is 0 Å². The van der Waals surface area contributed by atoms with Crippen LogP contribution >= 0.6 is 0 Å². The van der Waals surface area contributed by atoms with Crippen molar-refractivity contribution in [3.05, 3.63) is 59.2 Å². The van der Waals surface area contributed by atoms with E-state index in [1.165, 1.54) is 11.1 Å². The quantitative estimate of drug-likeness (QED) is 0.241. The molecule has 0 aliphatic carbocycles. The van der Waals surface area contributed by atoms with E-state index in [0.717, 1.165) is 76.2 Å². The lowest BCUT2D eigenvalue weighted by atomic mass is 9.79. The molecule has 2 heterocycles. The van der Waals surface area contributed by atoms with E-state index < -0.39 is 0 Å². The SMILES string of the molecule is CCCC(C(=Nc1cc(CN2CCC(c3cccc(O)c3)(N(C)C)CC2)ccc1C=O)N(C)C)N1CC(C)NC(C)C1. The topological polar surface area (TPSA) is 74.7 Å². The van der Waals surface area contributed by atoms with E-state index in [1.807, 2.05) is 18.2 Å². The first-order valence-corrected chi connectivity index (χ1v) is 15.6. The highest BCUT2D eigenvalue weighted by molar-refractivity contribution is 5.92. The molecule has 0 spiro atoms. The summed E-state index contributed by atoms with van der Waals surface area (Å²) in [5.74, 6) is 1.33. The van der Waals surface area contributed by atoms with Gasteiger partial charge in [0.05, 0.1) is 11.7 Å². The van der Waals surface area contributed by atoms with Crippen molar-refractivity contribution in [2.45, 2.75) is 76.7 Å². The number of aliphatic imine (C=N–C) groups is 1. The van der Waals surface area contributed by atoms with E-state index in [-0.39, 0.29) is 11.6 Å². The van der Waals surface area contributed by atoms with E-state index in [9.17, 15) is 9.90 Å². The normalized spacial score (nSPS) is 22.7. The summed E-state index contributed by atoms with van der Waals surface area (Å²) in [4.78, 5) is 26.8. The number of phenols is 1. The Bertz CT molecular complexity index is 1210. The van der Waals surface area contributed by atoms with Crippen LogP contribution in [0.15, 0.2) is 47.5 Å². The highest BCUT2D eigenvalue weighted by atomic mass is 16.3. The summed E-state index contributed by atoms with van der Waals surface area (Å²) in [6.07, 6.45) is 4.98. The number of carbonyl (C=O) groups is 1. The maximum absolute atomic E-state index is 12.1. The zero-order valence-electron chi connectivity index (χ0n) is 26.8. The van der Waals surface area contributed by atoms with Gasteiger partial charge in [0.2, 0.25) is 0 Å². The lowest BCUT2D eigenvalue weighted by molar-refractivity contribution is 0.0506. The van der Waals surface area contributed by atoms with Gasteiger partial charge in [-0.3, -0.25) is 19.5 Å². The molecule has 2 saturated heterocycles. The zero-order chi connectivity index (χ0) is 30.4. The minimum Gasteiger partial charge on any atom is -0.508 e. The summed E-state index contributed by atoms with van der Waals surface area (Å²) in [5, 5.41) is 13.8. The van der Waals surface area contributed by atoms with Crippen LogP contribution in [0.3, 0.4) is 0 Å². The molecule has 4 rings (SSSR count). The second kappa shape index (κ2) is 14.1. The smallest absolute Gasteiger partial charge is 0.152 e. The maximum Gasteiger partial charge on any atom is 0.152 e. The van der Waals surface area contributed by atoms with Crippen LogP contribution in [0.4, 0.5) is 5.69 Å². The summed E-state index contributed by atoms with van der Waals surface area (Å²) in [6, 6.07) is 14.9. The van der Waals surface area contributed by atoms with Crippen molar-refractivity contribution in [2.75, 3.05) is 54.4 Å². The molecule has 0 saturated carbocycles. The van der Waals surface area contributed by atoms with Crippen LogP contribution in [-0.4, -0.2) is 109 Å². The highest BCUT2D eigenvalue weighted by Crippen LogP contribution is 2.39. The zero-order valence-corrected chi connectivity index (χ0v) is 26.8. The molecule has 2 fully saturated rings. The third kappa shape index (κ3) is 7.40. The number of rotatable bonds is 10. The molecule has 2 aliphatic rings. The number of hydrogen-bond acceptors (Lipinski definition) is 7. The monoisotopic (exact) mass is 576 g/mol. The second-order valence-corrected chi connectivity index (χ2v) is 12.9. The number of nitrogens with one attached hydrogen (secondary N) is 1. The van der Waals surface area contributed by atoms with Crippen LogP contribution in [0.2, 0.25) is 0 Å². The third-order valence-corrected chi connectivity index (χ3v) is 9.13. The van der Waals surface area contributed by atoms with Crippen molar-refractivity contribution in [3.8, 4) is 5.75 Å². The largest absolute Gasteiger partial charge is 0.508 e. The van der Waals surface area contributed by atoms with E-state index >= 15 is 0 Å². The number of phenolic OH excluding ortho intramolecular Hbond substituents is 1. The number of hydrogen-bond donors (Lipinski definition) is 2. The van der Waals surface area contributed by atoms with Crippen molar-refractivity contribution in [1.82, 2.24) is 24.9 Å². The fourth-order valence-corrected chi connectivity index (χ4v) is 6.98. The van der Waals surface area contributed by atoms with E-state index in [4.69, 9.17) is 4.99 Å². The predicted octanol–water partition coefficient (Wildman–Crippen LogP) is 4.70. The number of likely N-dealkylation sites (N-methyl/N-ethyl adjacent to an activating group) is 1. The van der Waals surface area contributed by atoms with Gasteiger partial charge in [0.25, 0.3) is 0 Å². The molecule has 0 radical (unpaired) electrons. The van der Waals surface area contributed by atoms with Gasteiger partial charge in [0.15, 0.2) is 6.29 Å². The van der Waals surface area contributed by atoms with Crippen molar-refractivity contribution in [3.63, 3.8) is 0 Å². The first-order valence-electron chi connectivity index (χ1n) is 15.6. The Morgan fingerprint density at radius 2 is 1.79 bits per heavy atom. The van der Waals surface area contributed by atoms with Gasteiger partial charge in [0, 0.05) is 70.0 Å².